The van der Waals surface area contributed by atoms with Gasteiger partial charge in [0.05, 0.1) is 26.0 Å². The molecule has 1 unspecified atom stereocenters. The molecule has 0 aliphatic carbocycles. The minimum Gasteiger partial charge on any atom is -0.493 e. The summed E-state index contributed by atoms with van der Waals surface area (Å²) in [6.07, 6.45) is 2.58. The number of benzene rings is 1. The number of nitrogens with zero attached hydrogens (tertiary/aromatic N) is 1. The van der Waals surface area contributed by atoms with Gasteiger partial charge in [-0.2, -0.15) is 0 Å². The maximum atomic E-state index is 12.8. The lowest BCUT2D eigenvalue weighted by Gasteiger charge is -2.33. The van der Waals surface area contributed by atoms with Crippen molar-refractivity contribution in [2.24, 2.45) is 0 Å². The van der Waals surface area contributed by atoms with E-state index in [1.165, 1.54) is 14.2 Å². The average molecular weight is 342 g/mol. The van der Waals surface area contributed by atoms with Crippen LogP contribution in [-0.2, 0) is 10.0 Å². The number of hydrogen-bond acceptors (Lipinski definition) is 5. The van der Waals surface area contributed by atoms with Gasteiger partial charge in [-0.05, 0) is 25.0 Å². The lowest BCUT2D eigenvalue weighted by Crippen LogP contribution is -2.49. The fourth-order valence-corrected chi connectivity index (χ4v) is 3.58. The first-order valence-electron chi connectivity index (χ1n) is 7.33. The molecule has 0 saturated carbocycles. The number of rotatable bonds is 5. The number of piperidine rings is 1. The van der Waals surface area contributed by atoms with E-state index in [-0.39, 0.29) is 11.9 Å². The van der Waals surface area contributed by atoms with Gasteiger partial charge >= 0.3 is 0 Å². The number of ether oxygens (including phenoxy) is 2. The van der Waals surface area contributed by atoms with E-state index in [1.807, 2.05) is 0 Å². The minimum absolute atomic E-state index is 0.194. The Morgan fingerprint density at radius 1 is 1.30 bits per heavy atom. The number of nitrogens with one attached hydrogen (secondary N) is 1. The zero-order chi connectivity index (χ0) is 17.0. The maximum absolute atomic E-state index is 12.8. The predicted molar refractivity (Wildman–Crippen MR) is 86.5 cm³/mol. The SMILES string of the molecule is COc1cccc(C(=O)N2CCCC(NS(C)(=O)=O)C2)c1OC. The summed E-state index contributed by atoms with van der Waals surface area (Å²) < 4.78 is 35.8. The lowest BCUT2D eigenvalue weighted by atomic mass is 10.0. The molecule has 1 saturated heterocycles. The van der Waals surface area contributed by atoms with Gasteiger partial charge in [0.1, 0.15) is 0 Å². The summed E-state index contributed by atoms with van der Waals surface area (Å²) in [6.45, 7) is 0.924. The van der Waals surface area contributed by atoms with Crippen molar-refractivity contribution in [2.45, 2.75) is 18.9 Å². The highest BCUT2D eigenvalue weighted by molar-refractivity contribution is 7.88. The normalized spacial score (nSPS) is 18.6. The van der Waals surface area contributed by atoms with Crippen molar-refractivity contribution < 1.29 is 22.7 Å². The van der Waals surface area contributed by atoms with Gasteiger partial charge < -0.3 is 14.4 Å². The van der Waals surface area contributed by atoms with E-state index >= 15 is 0 Å². The average Bonchev–Trinajstić information content (AvgIpc) is 2.51. The van der Waals surface area contributed by atoms with E-state index < -0.39 is 10.0 Å². The fraction of sp³-hybridized carbons (Fsp3) is 0.533. The van der Waals surface area contributed by atoms with Crippen LogP contribution in [0.3, 0.4) is 0 Å². The van der Waals surface area contributed by atoms with Gasteiger partial charge in [-0.1, -0.05) is 6.07 Å². The summed E-state index contributed by atoms with van der Waals surface area (Å²) in [4.78, 5) is 14.4. The molecule has 0 spiro atoms. The lowest BCUT2D eigenvalue weighted by molar-refractivity contribution is 0.0699. The summed E-state index contributed by atoms with van der Waals surface area (Å²) in [6, 6.07) is 4.86. The summed E-state index contributed by atoms with van der Waals surface area (Å²) in [5.74, 6) is 0.681. The van der Waals surface area contributed by atoms with Crippen LogP contribution in [0.15, 0.2) is 18.2 Å². The molecule has 1 heterocycles. The van der Waals surface area contributed by atoms with Crippen molar-refractivity contribution in [3.63, 3.8) is 0 Å². The number of carbonyl (C=O) groups is 1. The first-order valence-corrected chi connectivity index (χ1v) is 9.22. The summed E-state index contributed by atoms with van der Waals surface area (Å²) in [7, 11) is -0.296. The Balaban J connectivity index is 2.20. The van der Waals surface area contributed by atoms with E-state index in [4.69, 9.17) is 9.47 Å². The van der Waals surface area contributed by atoms with Crippen LogP contribution in [0.25, 0.3) is 0 Å². The number of carbonyl (C=O) groups excluding carboxylic acids is 1. The second-order valence-corrected chi connectivity index (χ2v) is 7.30. The number of methoxy groups -OCH3 is 2. The number of hydrogen-bond donors (Lipinski definition) is 1. The third-order valence-corrected chi connectivity index (χ3v) is 4.48. The summed E-state index contributed by atoms with van der Waals surface area (Å²) in [5.41, 5.74) is 0.409. The fourth-order valence-electron chi connectivity index (χ4n) is 2.79. The third kappa shape index (κ3) is 4.35. The van der Waals surface area contributed by atoms with Gasteiger partial charge in [0.25, 0.3) is 5.91 Å². The van der Waals surface area contributed by atoms with Crippen LogP contribution in [0.4, 0.5) is 0 Å². The Labute approximate surface area is 136 Å². The first-order chi connectivity index (χ1) is 10.9. The van der Waals surface area contributed by atoms with Crippen molar-refractivity contribution in [3.8, 4) is 11.5 Å². The monoisotopic (exact) mass is 342 g/mol. The molecule has 1 aromatic carbocycles. The first kappa shape index (κ1) is 17.6. The molecule has 0 radical (unpaired) electrons. The number of para-hydroxylation sites is 1. The molecule has 1 fully saturated rings. The van der Waals surface area contributed by atoms with E-state index in [0.717, 1.165) is 12.7 Å². The van der Waals surface area contributed by atoms with Crippen LogP contribution in [-0.4, -0.2) is 58.8 Å². The molecule has 1 aliphatic heterocycles. The molecule has 1 aliphatic rings. The van der Waals surface area contributed by atoms with Gasteiger partial charge in [0.15, 0.2) is 11.5 Å². The van der Waals surface area contributed by atoms with E-state index in [9.17, 15) is 13.2 Å². The van der Waals surface area contributed by atoms with Gasteiger partial charge in [-0.15, -0.1) is 0 Å². The van der Waals surface area contributed by atoms with Crippen molar-refractivity contribution in [1.29, 1.82) is 0 Å². The third-order valence-electron chi connectivity index (χ3n) is 3.72. The standard InChI is InChI=1S/C15H22N2O5S/c1-21-13-8-4-7-12(14(13)22-2)15(18)17-9-5-6-11(10-17)16-23(3,19)20/h4,7-8,11,16H,5-6,9-10H2,1-3H3. The van der Waals surface area contributed by atoms with Crippen LogP contribution in [0, 0.1) is 0 Å². The molecule has 23 heavy (non-hydrogen) atoms. The van der Waals surface area contributed by atoms with Crippen LogP contribution in [0.5, 0.6) is 11.5 Å². The zero-order valence-electron chi connectivity index (χ0n) is 13.5. The van der Waals surface area contributed by atoms with Crippen molar-refractivity contribution >= 4 is 15.9 Å². The van der Waals surface area contributed by atoms with Crippen molar-refractivity contribution in [1.82, 2.24) is 9.62 Å². The quantitative estimate of drug-likeness (QED) is 0.858. The minimum atomic E-state index is -3.29. The Morgan fingerprint density at radius 2 is 2.04 bits per heavy atom. The molecule has 1 atom stereocenters. The molecule has 128 valence electrons. The van der Waals surface area contributed by atoms with Gasteiger partial charge in [0, 0.05) is 19.1 Å². The molecular formula is C15H22N2O5S. The van der Waals surface area contributed by atoms with Crippen molar-refractivity contribution in [2.75, 3.05) is 33.6 Å². The van der Waals surface area contributed by atoms with Gasteiger partial charge in [-0.3, -0.25) is 4.79 Å². The molecule has 1 N–H and O–H groups in total. The van der Waals surface area contributed by atoms with Crippen molar-refractivity contribution in [3.05, 3.63) is 23.8 Å². The predicted octanol–water partition coefficient (Wildman–Crippen LogP) is 0.858. The van der Waals surface area contributed by atoms with E-state index in [2.05, 4.69) is 4.72 Å². The van der Waals surface area contributed by atoms with Gasteiger partial charge in [0.2, 0.25) is 10.0 Å². The largest absolute Gasteiger partial charge is 0.493 e. The molecular weight excluding hydrogens is 320 g/mol. The molecule has 2 rings (SSSR count). The smallest absolute Gasteiger partial charge is 0.257 e. The van der Waals surface area contributed by atoms with Gasteiger partial charge in [-0.25, -0.2) is 13.1 Å². The van der Waals surface area contributed by atoms with E-state index in [1.54, 1.807) is 23.1 Å². The second kappa shape index (κ2) is 7.18. The molecule has 7 nitrogen and oxygen atoms in total. The van der Waals surface area contributed by atoms with E-state index in [0.29, 0.717) is 36.6 Å². The summed E-state index contributed by atoms with van der Waals surface area (Å²) >= 11 is 0. The summed E-state index contributed by atoms with van der Waals surface area (Å²) in [5, 5.41) is 0. The Hall–Kier alpha value is -1.80. The van der Waals surface area contributed by atoms with Crippen LogP contribution in [0.2, 0.25) is 0 Å². The number of sulfonamides is 1. The van der Waals surface area contributed by atoms with Crippen LogP contribution in [0.1, 0.15) is 23.2 Å². The Morgan fingerprint density at radius 3 is 2.65 bits per heavy atom. The highest BCUT2D eigenvalue weighted by Gasteiger charge is 2.28. The highest BCUT2D eigenvalue weighted by atomic mass is 32.2. The molecule has 0 aromatic heterocycles. The van der Waals surface area contributed by atoms with Crippen LogP contribution < -0.4 is 14.2 Å². The molecule has 1 aromatic rings. The maximum Gasteiger partial charge on any atom is 0.257 e. The highest BCUT2D eigenvalue weighted by Crippen LogP contribution is 2.32. The Kier molecular flexibility index (Phi) is 5.48. The number of amides is 1. The second-order valence-electron chi connectivity index (χ2n) is 5.52. The zero-order valence-corrected chi connectivity index (χ0v) is 14.4. The molecule has 1 amide bonds. The van der Waals surface area contributed by atoms with Crippen LogP contribution >= 0.6 is 0 Å². The Bertz CT molecular complexity index is 674. The molecule has 8 heteroatoms. The molecule has 0 bridgehead atoms. The topological polar surface area (TPSA) is 84.9 Å². The number of likely N-dealkylation sites (tertiary alicyclic amines) is 1.